The second kappa shape index (κ2) is 16.2. The topological polar surface area (TPSA) is 133 Å². The van der Waals surface area contributed by atoms with E-state index in [1.54, 1.807) is 19.1 Å². The molecule has 240 valence electrons. The number of esters is 1. The van der Waals surface area contributed by atoms with Crippen molar-refractivity contribution in [1.29, 1.82) is 0 Å². The molecule has 10 nitrogen and oxygen atoms in total. The molecular weight excluding hydrogens is 606 g/mol. The Morgan fingerprint density at radius 3 is 2.43 bits per heavy atom. The van der Waals surface area contributed by atoms with Crippen molar-refractivity contribution >= 4 is 23.8 Å². The maximum atomic E-state index is 12.2. The fourth-order valence-corrected chi connectivity index (χ4v) is 6.04. The summed E-state index contributed by atoms with van der Waals surface area (Å²) in [5.74, 6) is 0.0789. The number of pyridine rings is 1. The van der Waals surface area contributed by atoms with Crippen LogP contribution in [0.5, 0.6) is 0 Å². The van der Waals surface area contributed by atoms with Gasteiger partial charge in [-0.2, -0.15) is 4.73 Å². The molecule has 46 heavy (non-hydrogen) atoms. The molecule has 3 N–H and O–H groups in total. The summed E-state index contributed by atoms with van der Waals surface area (Å²) in [5.41, 5.74) is 5.48. The van der Waals surface area contributed by atoms with Gasteiger partial charge < -0.3 is 35.2 Å². The van der Waals surface area contributed by atoms with Gasteiger partial charge >= 0.3 is 12.0 Å². The highest BCUT2D eigenvalue weighted by Gasteiger charge is 2.32. The van der Waals surface area contributed by atoms with Crippen molar-refractivity contribution in [3.05, 3.63) is 125 Å². The van der Waals surface area contributed by atoms with Gasteiger partial charge in [-0.3, -0.25) is 4.79 Å². The van der Waals surface area contributed by atoms with Crippen molar-refractivity contribution in [3.8, 4) is 11.1 Å². The standard InChI is InChI=1S/C35H37N3O7S/c1-2-43-33(40)21-37-35(41)36-20-28-7-3-4-8-30(28)25-14-16-27(17-15-25)34-44-29(23-46-32-9-5-6-18-38(32)42)19-31(45-34)26-12-10-24(22-39)11-13-26/h3-18,29,31,34,39H,2,19-23H2,1H3,(H2,36,37,41)/t29-,31+,34+/m1/s1. The molecule has 0 aliphatic carbocycles. The Morgan fingerprint density at radius 1 is 0.957 bits per heavy atom. The number of ether oxygens (including phenoxy) is 3. The number of carbonyl (C=O) groups is 2. The Hall–Kier alpha value is -4.42. The van der Waals surface area contributed by atoms with Crippen LogP contribution in [0.15, 0.2) is 102 Å². The first-order chi connectivity index (χ1) is 22.4. The van der Waals surface area contributed by atoms with Gasteiger partial charge in [-0.05, 0) is 40.8 Å². The average molecular weight is 644 g/mol. The molecule has 2 amide bonds. The zero-order valence-corrected chi connectivity index (χ0v) is 26.3. The van der Waals surface area contributed by atoms with E-state index in [0.717, 1.165) is 38.1 Å². The van der Waals surface area contributed by atoms with Gasteiger partial charge in [-0.15, -0.1) is 0 Å². The first-order valence-corrected chi connectivity index (χ1v) is 16.1. The zero-order chi connectivity index (χ0) is 32.3. The second-order valence-electron chi connectivity index (χ2n) is 10.6. The lowest BCUT2D eigenvalue weighted by molar-refractivity contribution is -0.645. The number of thioether (sulfide) groups is 1. The number of hydrogen-bond acceptors (Lipinski definition) is 8. The van der Waals surface area contributed by atoms with Gasteiger partial charge in [0.1, 0.15) is 6.54 Å². The maximum Gasteiger partial charge on any atom is 0.325 e. The maximum absolute atomic E-state index is 12.2. The fourth-order valence-electron chi connectivity index (χ4n) is 5.10. The number of carbonyl (C=O) groups excluding carboxylic acids is 2. The van der Waals surface area contributed by atoms with E-state index in [2.05, 4.69) is 10.6 Å². The molecule has 1 saturated heterocycles. The minimum Gasteiger partial charge on any atom is -0.618 e. The molecule has 4 aromatic rings. The predicted octanol–water partition coefficient (Wildman–Crippen LogP) is 5.18. The summed E-state index contributed by atoms with van der Waals surface area (Å²) in [4.78, 5) is 23.8. The summed E-state index contributed by atoms with van der Waals surface area (Å²) < 4.78 is 18.6. The molecule has 1 fully saturated rings. The molecule has 0 bridgehead atoms. The number of aliphatic hydroxyl groups excluding tert-OH is 1. The number of urea groups is 1. The minimum absolute atomic E-state index is 0.0305. The molecular formula is C35H37N3O7S. The number of amides is 2. The van der Waals surface area contributed by atoms with Crippen LogP contribution in [0.25, 0.3) is 11.1 Å². The van der Waals surface area contributed by atoms with E-state index < -0.39 is 18.3 Å². The van der Waals surface area contributed by atoms with Gasteiger partial charge in [0, 0.05) is 36.4 Å². The van der Waals surface area contributed by atoms with E-state index >= 15 is 0 Å². The van der Waals surface area contributed by atoms with Crippen molar-refractivity contribution < 1.29 is 33.6 Å². The highest BCUT2D eigenvalue weighted by molar-refractivity contribution is 7.99. The van der Waals surface area contributed by atoms with Crippen LogP contribution in [0, 0.1) is 5.21 Å². The Balaban J connectivity index is 1.29. The monoisotopic (exact) mass is 643 g/mol. The van der Waals surface area contributed by atoms with Crippen molar-refractivity contribution in [1.82, 2.24) is 10.6 Å². The van der Waals surface area contributed by atoms with Crippen LogP contribution in [0.2, 0.25) is 0 Å². The Kier molecular flexibility index (Phi) is 11.6. The van der Waals surface area contributed by atoms with Crippen LogP contribution in [0.3, 0.4) is 0 Å². The van der Waals surface area contributed by atoms with Gasteiger partial charge in [0.2, 0.25) is 0 Å². The normalized spacial score (nSPS) is 17.7. The predicted molar refractivity (Wildman–Crippen MR) is 173 cm³/mol. The quantitative estimate of drug-likeness (QED) is 0.0833. The minimum atomic E-state index is -0.633. The van der Waals surface area contributed by atoms with E-state index in [4.69, 9.17) is 14.2 Å². The Labute approximate surface area is 272 Å². The number of hydrogen-bond donors (Lipinski definition) is 3. The molecule has 5 rings (SSSR count). The van der Waals surface area contributed by atoms with E-state index in [9.17, 15) is 19.9 Å². The molecule has 1 aliphatic heterocycles. The molecule has 2 heterocycles. The number of rotatable bonds is 12. The highest BCUT2D eigenvalue weighted by atomic mass is 32.2. The van der Waals surface area contributed by atoms with Crippen molar-refractivity contribution in [2.45, 2.75) is 50.0 Å². The summed E-state index contributed by atoms with van der Waals surface area (Å²) in [6.07, 6.45) is 1.03. The van der Waals surface area contributed by atoms with Gasteiger partial charge in [-0.1, -0.05) is 84.6 Å². The summed E-state index contributed by atoms with van der Waals surface area (Å²) in [7, 11) is 0. The van der Waals surface area contributed by atoms with Crippen LogP contribution >= 0.6 is 11.8 Å². The van der Waals surface area contributed by atoms with E-state index in [1.165, 1.54) is 18.0 Å². The lowest BCUT2D eigenvalue weighted by atomic mass is 9.98. The first kappa shape index (κ1) is 33.0. The lowest BCUT2D eigenvalue weighted by Gasteiger charge is -2.36. The van der Waals surface area contributed by atoms with E-state index in [-0.39, 0.29) is 38.5 Å². The third-order valence-corrected chi connectivity index (χ3v) is 8.62. The van der Waals surface area contributed by atoms with Crippen LogP contribution < -0.4 is 15.4 Å². The van der Waals surface area contributed by atoms with Gasteiger partial charge in [0.25, 0.3) is 5.03 Å². The lowest BCUT2D eigenvalue weighted by Crippen LogP contribution is -2.38. The summed E-state index contributed by atoms with van der Waals surface area (Å²) in [5, 5.41) is 27.6. The number of aromatic nitrogens is 1. The molecule has 0 radical (unpaired) electrons. The third-order valence-electron chi connectivity index (χ3n) is 7.47. The van der Waals surface area contributed by atoms with Crippen molar-refractivity contribution in [2.24, 2.45) is 0 Å². The average Bonchev–Trinajstić information content (AvgIpc) is 3.10. The number of nitrogens with zero attached hydrogens (tertiary/aromatic N) is 1. The third kappa shape index (κ3) is 8.85. The largest absolute Gasteiger partial charge is 0.618 e. The SMILES string of the molecule is CCOC(=O)CNC(=O)NCc1ccccc1-c1ccc([C@H]2O[C@@H](CSc3cccc[n+]3[O-])C[C@@H](c3ccc(CO)cc3)O2)cc1. The van der Waals surface area contributed by atoms with Crippen LogP contribution in [0.4, 0.5) is 4.79 Å². The van der Waals surface area contributed by atoms with Gasteiger partial charge in [0.05, 0.1) is 25.4 Å². The van der Waals surface area contributed by atoms with Gasteiger partial charge in [0.15, 0.2) is 12.5 Å². The molecule has 1 aromatic heterocycles. The van der Waals surface area contributed by atoms with E-state index in [1.807, 2.05) is 78.9 Å². The zero-order valence-electron chi connectivity index (χ0n) is 25.5. The molecule has 0 spiro atoms. The first-order valence-electron chi connectivity index (χ1n) is 15.1. The Bertz CT molecular complexity index is 1600. The summed E-state index contributed by atoms with van der Waals surface area (Å²) in [6, 6.07) is 28.3. The molecule has 3 atom stereocenters. The Morgan fingerprint density at radius 2 is 1.70 bits per heavy atom. The van der Waals surface area contributed by atoms with E-state index in [0.29, 0.717) is 17.2 Å². The van der Waals surface area contributed by atoms with Crippen LogP contribution in [-0.4, -0.2) is 42.1 Å². The molecule has 3 aromatic carbocycles. The fraction of sp³-hybridized carbons (Fsp3) is 0.286. The molecule has 11 heteroatoms. The number of aliphatic hydroxyl groups is 1. The summed E-state index contributed by atoms with van der Waals surface area (Å²) in [6.45, 7) is 2.00. The second-order valence-corrected chi connectivity index (χ2v) is 11.7. The van der Waals surface area contributed by atoms with Crippen molar-refractivity contribution in [3.63, 3.8) is 0 Å². The number of benzene rings is 3. The smallest absolute Gasteiger partial charge is 0.325 e. The molecule has 0 unspecified atom stereocenters. The van der Waals surface area contributed by atoms with Gasteiger partial charge in [-0.25, -0.2) is 4.79 Å². The van der Waals surface area contributed by atoms with Crippen LogP contribution in [0.1, 0.15) is 48.0 Å². The summed E-state index contributed by atoms with van der Waals surface area (Å²) >= 11 is 1.45. The molecule has 0 saturated carbocycles. The van der Waals surface area contributed by atoms with Crippen molar-refractivity contribution in [2.75, 3.05) is 18.9 Å². The number of nitrogens with one attached hydrogen (secondary N) is 2. The molecule has 1 aliphatic rings. The van der Waals surface area contributed by atoms with Crippen LogP contribution in [-0.2, 0) is 32.2 Å². The highest BCUT2D eigenvalue weighted by Crippen LogP contribution is 2.39.